The van der Waals surface area contributed by atoms with Gasteiger partial charge in [-0.3, -0.25) is 9.71 Å². The van der Waals surface area contributed by atoms with Crippen LogP contribution >= 0.6 is 12.2 Å². The molecule has 0 amide bonds. The SMILES string of the molecule is COc1ccc(N2C(=S)N[C@H](c3ccccn3)[C@@H]2c2cc(C)n(-c3cccc(F)c3)c2C)cc1NS(C)(=O)=O. The van der Waals surface area contributed by atoms with Crippen LogP contribution in [0.25, 0.3) is 5.69 Å². The summed E-state index contributed by atoms with van der Waals surface area (Å²) in [7, 11) is -2.09. The smallest absolute Gasteiger partial charge is 0.229 e. The van der Waals surface area contributed by atoms with Crippen LogP contribution in [0.1, 0.15) is 34.7 Å². The van der Waals surface area contributed by atoms with Gasteiger partial charge in [0.1, 0.15) is 11.6 Å². The van der Waals surface area contributed by atoms with Gasteiger partial charge in [0.25, 0.3) is 0 Å². The van der Waals surface area contributed by atoms with Gasteiger partial charge in [0.05, 0.1) is 36.8 Å². The first kappa shape index (κ1) is 26.6. The van der Waals surface area contributed by atoms with Crippen molar-refractivity contribution in [3.8, 4) is 11.4 Å². The number of benzene rings is 2. The Morgan fingerprint density at radius 1 is 1.05 bits per heavy atom. The normalized spacial score (nSPS) is 17.3. The molecule has 1 aliphatic heterocycles. The summed E-state index contributed by atoms with van der Waals surface area (Å²) in [6.07, 6.45) is 2.82. The minimum Gasteiger partial charge on any atom is -0.495 e. The van der Waals surface area contributed by atoms with Crippen LogP contribution in [0.2, 0.25) is 0 Å². The maximum Gasteiger partial charge on any atom is 0.229 e. The molecule has 1 fully saturated rings. The van der Waals surface area contributed by atoms with E-state index >= 15 is 0 Å². The third-order valence-corrected chi connectivity index (χ3v) is 7.62. The predicted molar refractivity (Wildman–Crippen MR) is 155 cm³/mol. The first-order chi connectivity index (χ1) is 18.6. The summed E-state index contributed by atoms with van der Waals surface area (Å²) in [5.74, 6) is 0.0618. The van der Waals surface area contributed by atoms with Crippen LogP contribution in [0.3, 0.4) is 0 Å². The highest BCUT2D eigenvalue weighted by atomic mass is 32.2. The number of anilines is 2. The second kappa shape index (κ2) is 10.3. The van der Waals surface area contributed by atoms with Gasteiger partial charge in [-0.05, 0) is 86.2 Å². The second-order valence-electron chi connectivity index (χ2n) is 9.40. The molecule has 0 saturated carbocycles. The van der Waals surface area contributed by atoms with E-state index in [-0.39, 0.29) is 17.9 Å². The van der Waals surface area contributed by atoms with Gasteiger partial charge in [0.15, 0.2) is 5.11 Å². The average Bonchev–Trinajstić information content (AvgIpc) is 3.38. The Kier molecular flexibility index (Phi) is 7.04. The zero-order chi connectivity index (χ0) is 27.9. The van der Waals surface area contributed by atoms with Crippen molar-refractivity contribution in [2.24, 2.45) is 0 Å². The van der Waals surface area contributed by atoms with Crippen molar-refractivity contribution in [3.05, 3.63) is 101 Å². The Balaban J connectivity index is 1.69. The fourth-order valence-electron chi connectivity index (χ4n) is 5.17. The maximum atomic E-state index is 14.1. The molecule has 2 atom stereocenters. The number of methoxy groups -OCH3 is 1. The topological polar surface area (TPSA) is 88.5 Å². The molecule has 2 aromatic carbocycles. The molecule has 0 radical (unpaired) electrons. The summed E-state index contributed by atoms with van der Waals surface area (Å²) >= 11 is 5.85. The van der Waals surface area contributed by atoms with E-state index in [9.17, 15) is 12.8 Å². The molecule has 0 unspecified atom stereocenters. The molecular weight excluding hydrogens is 537 g/mol. The average molecular weight is 566 g/mol. The summed E-state index contributed by atoms with van der Waals surface area (Å²) in [6.45, 7) is 3.97. The van der Waals surface area contributed by atoms with Crippen LogP contribution < -0.4 is 19.7 Å². The lowest BCUT2D eigenvalue weighted by molar-refractivity contribution is 0.417. The predicted octanol–water partition coefficient (Wildman–Crippen LogP) is 5.19. The number of aryl methyl sites for hydroxylation is 1. The highest BCUT2D eigenvalue weighted by Crippen LogP contribution is 2.45. The largest absolute Gasteiger partial charge is 0.495 e. The number of thiocarbonyl (C=S) groups is 1. The highest BCUT2D eigenvalue weighted by molar-refractivity contribution is 7.92. The molecule has 2 aromatic heterocycles. The number of rotatable bonds is 7. The fourth-order valence-corrected chi connectivity index (χ4v) is 6.08. The lowest BCUT2D eigenvalue weighted by Crippen LogP contribution is -2.29. The number of halogens is 1. The molecular formula is C28H28FN5O3S2. The standard InChI is InChI=1S/C28H28FN5O3S2/c1-17-14-22(18(2)33(17)20-9-7-8-19(29)15-20)27-26(23-10-5-6-13-30-23)31-28(38)34(27)21-11-12-25(37-3)24(16-21)32-39(4,35)36/h5-16,26-27,32H,1-4H3,(H,31,38)/t26-,27+/m1/s1. The monoisotopic (exact) mass is 565 g/mol. The molecule has 11 heteroatoms. The fraction of sp³-hybridized carbons (Fsp3) is 0.214. The molecule has 1 saturated heterocycles. The van der Waals surface area contributed by atoms with Gasteiger partial charge in [-0.25, -0.2) is 12.8 Å². The quantitative estimate of drug-likeness (QED) is 0.298. The van der Waals surface area contributed by atoms with E-state index in [2.05, 4.69) is 21.1 Å². The Morgan fingerprint density at radius 2 is 1.85 bits per heavy atom. The third-order valence-electron chi connectivity index (χ3n) is 6.71. The number of ether oxygens (including phenoxy) is 1. The molecule has 8 nitrogen and oxygen atoms in total. The first-order valence-electron chi connectivity index (χ1n) is 12.2. The van der Waals surface area contributed by atoms with Crippen molar-refractivity contribution in [2.45, 2.75) is 25.9 Å². The van der Waals surface area contributed by atoms with Crippen molar-refractivity contribution < 1.29 is 17.5 Å². The summed E-state index contributed by atoms with van der Waals surface area (Å²) in [6, 6.07) is 18.8. The lowest BCUT2D eigenvalue weighted by atomic mass is 9.96. The van der Waals surface area contributed by atoms with Crippen molar-refractivity contribution in [1.82, 2.24) is 14.9 Å². The third kappa shape index (κ3) is 5.19. The van der Waals surface area contributed by atoms with Crippen LogP contribution in [-0.4, -0.2) is 36.4 Å². The Bertz CT molecular complexity index is 1660. The minimum absolute atomic E-state index is 0.297. The van der Waals surface area contributed by atoms with Gasteiger partial charge in [-0.2, -0.15) is 0 Å². The minimum atomic E-state index is -3.57. The van der Waals surface area contributed by atoms with Crippen molar-refractivity contribution >= 4 is 38.7 Å². The molecule has 0 aliphatic carbocycles. The Hall–Kier alpha value is -3.96. The number of sulfonamides is 1. The van der Waals surface area contributed by atoms with E-state index in [1.165, 1.54) is 19.2 Å². The van der Waals surface area contributed by atoms with Crippen LogP contribution in [0.5, 0.6) is 5.75 Å². The molecule has 0 spiro atoms. The van der Waals surface area contributed by atoms with E-state index in [0.29, 0.717) is 22.2 Å². The zero-order valence-corrected chi connectivity index (χ0v) is 23.5. The molecule has 1 aliphatic rings. The van der Waals surface area contributed by atoms with Crippen LogP contribution in [0, 0.1) is 19.7 Å². The van der Waals surface area contributed by atoms with E-state index < -0.39 is 10.0 Å². The van der Waals surface area contributed by atoms with Gasteiger partial charge in [0, 0.05) is 29.0 Å². The number of pyridine rings is 1. The number of nitrogens with zero attached hydrogens (tertiary/aromatic N) is 3. The number of aromatic nitrogens is 2. The second-order valence-corrected chi connectivity index (χ2v) is 11.5. The number of hydrogen-bond donors (Lipinski definition) is 2. The van der Waals surface area contributed by atoms with Gasteiger partial charge in [-0.1, -0.05) is 12.1 Å². The van der Waals surface area contributed by atoms with Gasteiger partial charge in [0.2, 0.25) is 10.0 Å². The maximum absolute atomic E-state index is 14.1. The summed E-state index contributed by atoms with van der Waals surface area (Å²) in [4.78, 5) is 6.56. The highest BCUT2D eigenvalue weighted by Gasteiger charge is 2.42. The van der Waals surface area contributed by atoms with Gasteiger partial charge >= 0.3 is 0 Å². The van der Waals surface area contributed by atoms with Gasteiger partial charge in [-0.15, -0.1) is 0 Å². The summed E-state index contributed by atoms with van der Waals surface area (Å²) in [5.41, 5.74) is 5.29. The van der Waals surface area contributed by atoms with E-state index in [1.807, 2.05) is 53.6 Å². The molecule has 4 aromatic rings. The van der Waals surface area contributed by atoms with Crippen LogP contribution in [-0.2, 0) is 10.0 Å². The molecule has 0 bridgehead atoms. The van der Waals surface area contributed by atoms with Crippen LogP contribution in [0.15, 0.2) is 72.9 Å². The lowest BCUT2D eigenvalue weighted by Gasteiger charge is -2.29. The Morgan fingerprint density at radius 3 is 2.51 bits per heavy atom. The van der Waals surface area contributed by atoms with E-state index in [4.69, 9.17) is 17.0 Å². The van der Waals surface area contributed by atoms with Crippen molar-refractivity contribution in [3.63, 3.8) is 0 Å². The molecule has 2 N–H and O–H groups in total. The Labute approximate surface area is 232 Å². The zero-order valence-electron chi connectivity index (χ0n) is 21.8. The van der Waals surface area contributed by atoms with Gasteiger partial charge < -0.3 is 19.5 Å². The molecule has 3 heterocycles. The molecule has 5 rings (SSSR count). The first-order valence-corrected chi connectivity index (χ1v) is 14.5. The molecule has 39 heavy (non-hydrogen) atoms. The summed E-state index contributed by atoms with van der Waals surface area (Å²) < 4.78 is 48.2. The number of nitrogens with one attached hydrogen (secondary N) is 2. The van der Waals surface area contributed by atoms with Crippen LogP contribution in [0.4, 0.5) is 15.8 Å². The van der Waals surface area contributed by atoms with Crippen molar-refractivity contribution in [2.75, 3.05) is 23.0 Å². The molecule has 202 valence electrons. The van der Waals surface area contributed by atoms with E-state index in [0.717, 1.165) is 34.6 Å². The van der Waals surface area contributed by atoms with E-state index in [1.54, 1.807) is 24.4 Å². The number of hydrogen-bond acceptors (Lipinski definition) is 5. The summed E-state index contributed by atoms with van der Waals surface area (Å²) in [5, 5.41) is 3.88. The van der Waals surface area contributed by atoms with Crippen molar-refractivity contribution in [1.29, 1.82) is 0 Å².